The van der Waals surface area contributed by atoms with E-state index >= 15 is 0 Å². The molecule has 0 saturated carbocycles. The average molecular weight is 607 g/mol. The highest BCUT2D eigenvalue weighted by Crippen LogP contribution is 2.28. The maximum atomic E-state index is 11.1. The Balaban J connectivity index is 0.000000211. The van der Waals surface area contributed by atoms with E-state index in [2.05, 4.69) is 0 Å². The van der Waals surface area contributed by atoms with Crippen molar-refractivity contribution in [3.63, 3.8) is 0 Å². The number of fused-ring (bicyclic) bond motifs is 2. The van der Waals surface area contributed by atoms with Crippen LogP contribution in [-0.4, -0.2) is 51.9 Å². The van der Waals surface area contributed by atoms with E-state index in [1.54, 1.807) is 0 Å². The van der Waals surface area contributed by atoms with Gasteiger partial charge < -0.3 is 11.5 Å². The zero-order valence-corrected chi connectivity index (χ0v) is 21.9. The summed E-state index contributed by atoms with van der Waals surface area (Å²) >= 11 is 0. The predicted molar refractivity (Wildman–Crippen MR) is 136 cm³/mol. The first kappa shape index (κ1) is 29.2. The summed E-state index contributed by atoms with van der Waals surface area (Å²) in [5.74, 6) is 0. The molecule has 0 spiro atoms. The van der Waals surface area contributed by atoms with E-state index in [4.69, 9.17) is 29.7 Å². The van der Waals surface area contributed by atoms with Crippen LogP contribution in [0.3, 0.4) is 0 Å². The van der Waals surface area contributed by atoms with Crippen LogP contribution in [-0.2, 0) is 40.5 Å². The van der Waals surface area contributed by atoms with Gasteiger partial charge in [-0.25, -0.2) is 0 Å². The monoisotopic (exact) mass is 606 g/mol. The summed E-state index contributed by atoms with van der Waals surface area (Å²) in [7, 11) is -17.8. The number of nitrogen functional groups attached to an aromatic ring is 2. The van der Waals surface area contributed by atoms with Gasteiger partial charge in [0.15, 0.2) is 0 Å². The molecule has 0 bridgehead atoms. The van der Waals surface area contributed by atoms with E-state index in [1.165, 1.54) is 18.2 Å². The van der Waals surface area contributed by atoms with Crippen LogP contribution in [0.25, 0.3) is 21.5 Å². The first-order valence-electron chi connectivity index (χ1n) is 9.74. The second-order valence-electron chi connectivity index (χ2n) is 7.69. The molecule has 8 N–H and O–H groups in total. The molecule has 0 aliphatic heterocycles. The van der Waals surface area contributed by atoms with Crippen molar-refractivity contribution in [3.05, 3.63) is 60.7 Å². The van der Waals surface area contributed by atoms with Crippen LogP contribution >= 0.6 is 0 Å². The van der Waals surface area contributed by atoms with Crippen LogP contribution in [0.5, 0.6) is 0 Å². The van der Waals surface area contributed by atoms with Crippen molar-refractivity contribution in [2.24, 2.45) is 0 Å². The molecule has 0 fully saturated rings. The Morgan fingerprint density at radius 1 is 0.447 bits per heavy atom. The van der Waals surface area contributed by atoms with Crippen molar-refractivity contribution < 1.29 is 51.9 Å². The van der Waals surface area contributed by atoms with Crippen molar-refractivity contribution in [1.82, 2.24) is 0 Å². The highest BCUT2D eigenvalue weighted by Gasteiger charge is 2.17. The highest BCUT2D eigenvalue weighted by molar-refractivity contribution is 7.86. The van der Waals surface area contributed by atoms with Crippen molar-refractivity contribution in [2.75, 3.05) is 11.5 Å². The SMILES string of the molecule is Nc1cc(S(=O)(=O)O)cc2cc(S(=O)(=O)O)ccc12.Nc1cc2ccc(S(=O)(=O)O)cc2cc1S(=O)(=O)O. The van der Waals surface area contributed by atoms with Gasteiger partial charge in [-0.3, -0.25) is 18.2 Å². The molecule has 0 radical (unpaired) electrons. The number of hydrogen-bond donors (Lipinski definition) is 6. The molecule has 0 unspecified atom stereocenters. The molecule has 0 aromatic heterocycles. The molecule has 38 heavy (non-hydrogen) atoms. The molecule has 0 aliphatic carbocycles. The van der Waals surface area contributed by atoms with E-state index in [9.17, 15) is 33.7 Å². The van der Waals surface area contributed by atoms with Crippen molar-refractivity contribution in [1.29, 1.82) is 0 Å². The first-order valence-corrected chi connectivity index (χ1v) is 15.5. The first-order chi connectivity index (χ1) is 17.2. The summed E-state index contributed by atoms with van der Waals surface area (Å²) in [6, 6.07) is 11.6. The Kier molecular flexibility index (Phi) is 7.49. The number of rotatable bonds is 4. The van der Waals surface area contributed by atoms with Gasteiger partial charge in [0, 0.05) is 11.1 Å². The maximum Gasteiger partial charge on any atom is 0.296 e. The van der Waals surface area contributed by atoms with Crippen LogP contribution in [0.2, 0.25) is 0 Å². The summed E-state index contributed by atoms with van der Waals surface area (Å²) in [5.41, 5.74) is 11.0. The second kappa shape index (κ2) is 9.75. The third kappa shape index (κ3) is 6.55. The minimum atomic E-state index is -4.51. The lowest BCUT2D eigenvalue weighted by atomic mass is 10.1. The molecule has 0 heterocycles. The van der Waals surface area contributed by atoms with E-state index in [0.29, 0.717) is 10.8 Å². The highest BCUT2D eigenvalue weighted by atomic mass is 32.2. The van der Waals surface area contributed by atoms with Gasteiger partial charge in [-0.2, -0.15) is 33.7 Å². The molecule has 0 atom stereocenters. The van der Waals surface area contributed by atoms with Crippen LogP contribution < -0.4 is 11.5 Å². The molecule has 4 aromatic rings. The maximum absolute atomic E-state index is 11.1. The molecular formula is C20H18N2O12S4. The molecule has 204 valence electrons. The van der Waals surface area contributed by atoms with Gasteiger partial charge in [-0.05, 0) is 64.7 Å². The zero-order chi connectivity index (χ0) is 28.8. The number of anilines is 2. The minimum Gasteiger partial charge on any atom is -0.398 e. The third-order valence-electron chi connectivity index (χ3n) is 5.04. The molecule has 0 saturated heterocycles. The lowest BCUT2D eigenvalue weighted by molar-refractivity contribution is 0.481. The summed E-state index contributed by atoms with van der Waals surface area (Å²) in [4.78, 5) is -1.75. The lowest BCUT2D eigenvalue weighted by Crippen LogP contribution is -2.03. The quantitative estimate of drug-likeness (QED) is 0.143. The van der Waals surface area contributed by atoms with Gasteiger partial charge in [0.05, 0.1) is 20.4 Å². The molecule has 14 nitrogen and oxygen atoms in total. The van der Waals surface area contributed by atoms with Gasteiger partial charge >= 0.3 is 0 Å². The standard InChI is InChI=1S/2C10H9NO6S2/c11-10-5-8(19(15,16)17)4-6-3-7(18(12,13)14)1-2-9(6)10;11-9-4-6-1-2-8(18(12,13)14)3-7(6)5-10(9)19(15,16)17/h2*1-5H,11H2,(H,12,13,14)(H,15,16,17). The van der Waals surface area contributed by atoms with Gasteiger partial charge in [-0.15, -0.1) is 0 Å². The summed E-state index contributed by atoms with van der Waals surface area (Å²) < 4.78 is 124. The van der Waals surface area contributed by atoms with Crippen LogP contribution in [0.1, 0.15) is 0 Å². The molecule has 4 rings (SSSR count). The second-order valence-corrected chi connectivity index (χ2v) is 13.3. The topological polar surface area (TPSA) is 270 Å². The van der Waals surface area contributed by atoms with Crippen molar-refractivity contribution in [3.8, 4) is 0 Å². The Bertz CT molecular complexity index is 2030. The number of hydrogen-bond acceptors (Lipinski definition) is 10. The summed E-state index contributed by atoms with van der Waals surface area (Å²) in [6.07, 6.45) is 0. The fourth-order valence-electron chi connectivity index (χ4n) is 3.31. The predicted octanol–water partition coefficient (Wildman–Crippen LogP) is 1.83. The Morgan fingerprint density at radius 3 is 1.42 bits per heavy atom. The number of benzene rings is 4. The average Bonchev–Trinajstić information content (AvgIpc) is 2.75. The number of nitrogens with two attached hydrogens (primary N) is 2. The molecule has 0 amide bonds. The Hall–Kier alpha value is -3.36. The van der Waals surface area contributed by atoms with Gasteiger partial charge in [0.2, 0.25) is 0 Å². The van der Waals surface area contributed by atoms with E-state index in [1.807, 2.05) is 0 Å². The molecule has 4 aromatic carbocycles. The van der Waals surface area contributed by atoms with Gasteiger partial charge in [0.25, 0.3) is 40.5 Å². The Labute approximate surface area is 216 Å². The summed E-state index contributed by atoms with van der Waals surface area (Å²) in [6.45, 7) is 0. The molecule has 18 heteroatoms. The van der Waals surface area contributed by atoms with Crippen LogP contribution in [0, 0.1) is 0 Å². The smallest absolute Gasteiger partial charge is 0.296 e. The minimum absolute atomic E-state index is 0.0620. The lowest BCUT2D eigenvalue weighted by Gasteiger charge is -2.06. The van der Waals surface area contributed by atoms with Gasteiger partial charge in [-0.1, -0.05) is 12.1 Å². The normalized spacial score (nSPS) is 12.7. The third-order valence-corrected chi connectivity index (χ3v) is 8.48. The summed E-state index contributed by atoms with van der Waals surface area (Å²) in [5, 5.41) is 1.25. The molecule has 0 aliphatic rings. The largest absolute Gasteiger partial charge is 0.398 e. The molecular weight excluding hydrogens is 588 g/mol. The fraction of sp³-hybridized carbons (Fsp3) is 0. The zero-order valence-electron chi connectivity index (χ0n) is 18.6. The fourth-order valence-corrected chi connectivity index (χ4v) is 5.53. The van der Waals surface area contributed by atoms with E-state index in [-0.39, 0.29) is 27.0 Å². The van der Waals surface area contributed by atoms with Crippen molar-refractivity contribution in [2.45, 2.75) is 19.6 Å². The van der Waals surface area contributed by atoms with Crippen molar-refractivity contribution >= 4 is 73.4 Å². The van der Waals surface area contributed by atoms with E-state index < -0.39 is 55.2 Å². The van der Waals surface area contributed by atoms with Gasteiger partial charge in [0.1, 0.15) is 4.90 Å². The van der Waals surface area contributed by atoms with Crippen LogP contribution in [0.4, 0.5) is 11.4 Å². The van der Waals surface area contributed by atoms with E-state index in [0.717, 1.165) is 42.5 Å². The Morgan fingerprint density at radius 2 is 0.921 bits per heavy atom. The van der Waals surface area contributed by atoms with Crippen LogP contribution in [0.15, 0.2) is 80.2 Å².